The first-order chi connectivity index (χ1) is 9.97. The summed E-state index contributed by atoms with van der Waals surface area (Å²) in [4.78, 5) is 25.4. The molecule has 1 atom stereocenters. The summed E-state index contributed by atoms with van der Waals surface area (Å²) in [5.74, 6) is -0.869. The van der Waals surface area contributed by atoms with Crippen molar-refractivity contribution in [1.29, 1.82) is 0 Å². The molecule has 1 unspecified atom stereocenters. The molecule has 114 valence electrons. The van der Waals surface area contributed by atoms with E-state index in [1.165, 1.54) is 5.56 Å². The number of nitrogens with zero attached hydrogens (tertiary/aromatic N) is 1. The van der Waals surface area contributed by atoms with Gasteiger partial charge in [0.15, 0.2) is 5.78 Å². The molecule has 1 aliphatic heterocycles. The number of carbonyl (C=O) groups excluding carboxylic acids is 1. The Hall–Kier alpha value is -1.68. The number of carbonyl (C=O) groups is 2. The van der Waals surface area contributed by atoms with Gasteiger partial charge in [-0.05, 0) is 50.4 Å². The van der Waals surface area contributed by atoms with Crippen LogP contribution in [0.3, 0.4) is 0 Å². The molecule has 0 saturated carbocycles. The molecule has 0 amide bonds. The van der Waals surface area contributed by atoms with E-state index in [0.29, 0.717) is 19.5 Å². The minimum absolute atomic E-state index is 0.135. The van der Waals surface area contributed by atoms with Crippen molar-refractivity contribution in [1.82, 2.24) is 4.90 Å². The highest BCUT2D eigenvalue weighted by atomic mass is 16.4. The molecule has 4 nitrogen and oxygen atoms in total. The monoisotopic (exact) mass is 289 g/mol. The number of carboxylic acids is 1. The molecule has 1 fully saturated rings. The number of piperidine rings is 1. The third kappa shape index (κ3) is 4.14. The van der Waals surface area contributed by atoms with Gasteiger partial charge in [-0.1, -0.05) is 12.1 Å². The third-order valence-corrected chi connectivity index (χ3v) is 4.34. The molecule has 1 N–H and O–H groups in total. The fraction of sp³-hybridized carbons (Fsp3) is 0.529. The van der Waals surface area contributed by atoms with Crippen molar-refractivity contribution in [3.05, 3.63) is 34.9 Å². The Morgan fingerprint density at radius 3 is 2.71 bits per heavy atom. The number of carboxylic acid groups (broad SMARTS) is 1. The van der Waals surface area contributed by atoms with Gasteiger partial charge >= 0.3 is 5.97 Å². The van der Waals surface area contributed by atoms with Gasteiger partial charge < -0.3 is 10.0 Å². The highest BCUT2D eigenvalue weighted by Crippen LogP contribution is 2.17. The quantitative estimate of drug-likeness (QED) is 0.847. The molecular weight excluding hydrogens is 266 g/mol. The van der Waals surface area contributed by atoms with Crippen molar-refractivity contribution in [2.45, 2.75) is 33.1 Å². The number of benzene rings is 1. The Bertz CT molecular complexity index is 539. The topological polar surface area (TPSA) is 57.6 Å². The van der Waals surface area contributed by atoms with Crippen LogP contribution >= 0.6 is 0 Å². The lowest BCUT2D eigenvalue weighted by atomic mass is 9.97. The van der Waals surface area contributed by atoms with Crippen molar-refractivity contribution in [2.24, 2.45) is 5.92 Å². The average molecular weight is 289 g/mol. The lowest BCUT2D eigenvalue weighted by molar-refractivity contribution is -0.143. The maximum absolute atomic E-state index is 12.2. The Morgan fingerprint density at radius 2 is 2.05 bits per heavy atom. The predicted octanol–water partition coefficient (Wildman–Crippen LogP) is 2.67. The fourth-order valence-corrected chi connectivity index (χ4v) is 2.78. The Balaban J connectivity index is 1.88. The number of hydrogen-bond acceptors (Lipinski definition) is 3. The summed E-state index contributed by atoms with van der Waals surface area (Å²) in [5.41, 5.74) is 3.07. The van der Waals surface area contributed by atoms with Crippen LogP contribution in [0.5, 0.6) is 0 Å². The number of aliphatic carboxylic acids is 1. The van der Waals surface area contributed by atoms with E-state index in [1.54, 1.807) is 0 Å². The summed E-state index contributed by atoms with van der Waals surface area (Å²) in [5, 5.41) is 9.07. The first kappa shape index (κ1) is 15.7. The molecule has 4 heteroatoms. The van der Waals surface area contributed by atoms with Crippen molar-refractivity contribution >= 4 is 11.8 Å². The average Bonchev–Trinajstić information content (AvgIpc) is 2.48. The van der Waals surface area contributed by atoms with E-state index in [2.05, 4.69) is 4.90 Å². The second-order valence-corrected chi connectivity index (χ2v) is 5.95. The Morgan fingerprint density at radius 1 is 1.29 bits per heavy atom. The minimum atomic E-state index is -0.722. The number of ketones is 1. The molecule has 1 saturated heterocycles. The van der Waals surface area contributed by atoms with E-state index in [4.69, 9.17) is 5.11 Å². The molecule has 2 rings (SSSR count). The van der Waals surface area contributed by atoms with Crippen molar-refractivity contribution in [2.75, 3.05) is 19.6 Å². The van der Waals surface area contributed by atoms with E-state index in [1.807, 2.05) is 32.0 Å². The van der Waals surface area contributed by atoms with Crippen LogP contribution in [0.15, 0.2) is 18.2 Å². The molecule has 0 aliphatic carbocycles. The molecule has 1 aromatic carbocycles. The normalized spacial score (nSPS) is 19.4. The van der Waals surface area contributed by atoms with E-state index in [0.717, 1.165) is 30.5 Å². The molecule has 0 bridgehead atoms. The lowest BCUT2D eigenvalue weighted by Crippen LogP contribution is -2.39. The van der Waals surface area contributed by atoms with Gasteiger partial charge in [0.2, 0.25) is 0 Å². The van der Waals surface area contributed by atoms with E-state index in [-0.39, 0.29) is 11.7 Å². The number of Topliss-reactive ketones (excluding diaryl/α,β-unsaturated/α-hetero) is 1. The molecule has 1 aromatic rings. The van der Waals surface area contributed by atoms with Gasteiger partial charge in [-0.15, -0.1) is 0 Å². The summed E-state index contributed by atoms with van der Waals surface area (Å²) >= 11 is 0. The zero-order valence-electron chi connectivity index (χ0n) is 12.8. The third-order valence-electron chi connectivity index (χ3n) is 4.34. The number of rotatable bonds is 5. The van der Waals surface area contributed by atoms with Crippen LogP contribution in [0.25, 0.3) is 0 Å². The van der Waals surface area contributed by atoms with E-state index < -0.39 is 5.97 Å². The lowest BCUT2D eigenvalue weighted by Gasteiger charge is -2.30. The first-order valence-corrected chi connectivity index (χ1v) is 7.53. The van der Waals surface area contributed by atoms with Crippen LogP contribution in [-0.2, 0) is 4.79 Å². The molecule has 1 heterocycles. The number of hydrogen-bond donors (Lipinski definition) is 1. The fourth-order valence-electron chi connectivity index (χ4n) is 2.78. The Kier molecular flexibility index (Phi) is 5.12. The summed E-state index contributed by atoms with van der Waals surface area (Å²) in [6.45, 7) is 6.15. The molecule has 0 radical (unpaired) electrons. The molecule has 21 heavy (non-hydrogen) atoms. The zero-order valence-corrected chi connectivity index (χ0v) is 12.8. The standard InChI is InChI=1S/C17H23NO3/c1-12-5-6-14(10-13(12)2)16(19)7-9-18-8-3-4-15(11-18)17(20)21/h5-6,10,15H,3-4,7-9,11H2,1-2H3,(H,20,21). The maximum Gasteiger partial charge on any atom is 0.307 e. The smallest absolute Gasteiger partial charge is 0.307 e. The van der Waals surface area contributed by atoms with Crippen molar-refractivity contribution < 1.29 is 14.7 Å². The summed E-state index contributed by atoms with van der Waals surface area (Å²) in [7, 11) is 0. The summed E-state index contributed by atoms with van der Waals surface area (Å²) in [6, 6.07) is 5.79. The van der Waals surface area contributed by atoms with E-state index in [9.17, 15) is 9.59 Å². The number of aryl methyl sites for hydroxylation is 2. The predicted molar refractivity (Wildman–Crippen MR) is 81.7 cm³/mol. The van der Waals surface area contributed by atoms with Crippen molar-refractivity contribution in [3.63, 3.8) is 0 Å². The van der Waals surface area contributed by atoms with Gasteiger partial charge in [0.05, 0.1) is 5.92 Å². The second kappa shape index (κ2) is 6.85. The van der Waals surface area contributed by atoms with Gasteiger partial charge in [-0.3, -0.25) is 9.59 Å². The van der Waals surface area contributed by atoms with Crippen LogP contribution in [0.4, 0.5) is 0 Å². The van der Waals surface area contributed by atoms with Crippen LogP contribution in [-0.4, -0.2) is 41.4 Å². The van der Waals surface area contributed by atoms with Gasteiger partial charge in [-0.2, -0.15) is 0 Å². The van der Waals surface area contributed by atoms with Gasteiger partial charge in [0.1, 0.15) is 0 Å². The molecule has 0 aromatic heterocycles. The summed E-state index contributed by atoms with van der Waals surface area (Å²) < 4.78 is 0. The Labute approximate surface area is 125 Å². The van der Waals surface area contributed by atoms with Crippen LogP contribution < -0.4 is 0 Å². The first-order valence-electron chi connectivity index (χ1n) is 7.53. The van der Waals surface area contributed by atoms with Crippen LogP contribution in [0, 0.1) is 19.8 Å². The molecule has 0 spiro atoms. The van der Waals surface area contributed by atoms with Gasteiger partial charge in [0, 0.05) is 25.1 Å². The largest absolute Gasteiger partial charge is 0.481 e. The zero-order chi connectivity index (χ0) is 15.4. The van der Waals surface area contributed by atoms with Gasteiger partial charge in [-0.25, -0.2) is 0 Å². The van der Waals surface area contributed by atoms with Crippen molar-refractivity contribution in [3.8, 4) is 0 Å². The number of likely N-dealkylation sites (tertiary alicyclic amines) is 1. The highest BCUT2D eigenvalue weighted by molar-refractivity contribution is 5.96. The van der Waals surface area contributed by atoms with Crippen LogP contribution in [0.1, 0.15) is 40.7 Å². The highest BCUT2D eigenvalue weighted by Gasteiger charge is 2.25. The SMILES string of the molecule is Cc1ccc(C(=O)CCN2CCCC(C(=O)O)C2)cc1C. The van der Waals surface area contributed by atoms with E-state index >= 15 is 0 Å². The minimum Gasteiger partial charge on any atom is -0.481 e. The second-order valence-electron chi connectivity index (χ2n) is 5.95. The van der Waals surface area contributed by atoms with Crippen LogP contribution in [0.2, 0.25) is 0 Å². The molecule has 1 aliphatic rings. The molecular formula is C17H23NO3. The maximum atomic E-state index is 12.2. The summed E-state index contributed by atoms with van der Waals surface area (Å²) in [6.07, 6.45) is 2.10. The van der Waals surface area contributed by atoms with Gasteiger partial charge in [0.25, 0.3) is 0 Å².